The summed E-state index contributed by atoms with van der Waals surface area (Å²) in [5, 5.41) is 9.63. The minimum absolute atomic E-state index is 0.0441. The van der Waals surface area contributed by atoms with Crippen molar-refractivity contribution in [1.29, 1.82) is 0 Å². The smallest absolute Gasteiger partial charge is 0.336 e. The summed E-state index contributed by atoms with van der Waals surface area (Å²) in [7, 11) is 1.47. The first kappa shape index (κ1) is 24.7. The number of carbonyl (C=O) groups excluding carboxylic acids is 1. The molecule has 1 atom stereocenters. The van der Waals surface area contributed by atoms with Gasteiger partial charge in [-0.2, -0.15) is 0 Å². The molecule has 0 aliphatic carbocycles. The van der Waals surface area contributed by atoms with Crippen LogP contribution in [0, 0.1) is 5.41 Å². The molecular weight excluding hydrogens is 400 g/mol. The number of phenols is 1. The molecule has 2 aromatic carbocycles. The lowest BCUT2D eigenvalue weighted by molar-refractivity contribution is -0.128. The van der Waals surface area contributed by atoms with Gasteiger partial charge < -0.3 is 14.6 Å². The largest absolute Gasteiger partial charge is 0.504 e. The molecule has 32 heavy (non-hydrogen) atoms. The molecule has 0 saturated heterocycles. The predicted octanol–water partition coefficient (Wildman–Crippen LogP) is 6.97. The van der Waals surface area contributed by atoms with Crippen LogP contribution in [0.2, 0.25) is 0 Å². The first-order valence-electron chi connectivity index (χ1n) is 10.6. The molecule has 1 N–H and O–H groups in total. The van der Waals surface area contributed by atoms with E-state index in [1.807, 2.05) is 18.2 Å². The topological polar surface area (TPSA) is 55.8 Å². The molecule has 168 valence electrons. The van der Waals surface area contributed by atoms with Crippen molar-refractivity contribution in [2.24, 2.45) is 5.41 Å². The maximum atomic E-state index is 12.1. The zero-order valence-corrected chi connectivity index (χ0v) is 19.3. The molecule has 4 nitrogen and oxygen atoms in total. The summed E-state index contributed by atoms with van der Waals surface area (Å²) in [6.07, 6.45) is 13.4. The van der Waals surface area contributed by atoms with Crippen LogP contribution in [0.1, 0.15) is 44.7 Å². The van der Waals surface area contributed by atoms with E-state index in [0.717, 1.165) is 18.4 Å². The fourth-order valence-electron chi connectivity index (χ4n) is 2.97. The molecule has 0 amide bonds. The Hall–Kier alpha value is -3.53. The maximum absolute atomic E-state index is 12.1. The van der Waals surface area contributed by atoms with Gasteiger partial charge in [-0.15, -0.1) is 6.58 Å². The van der Waals surface area contributed by atoms with Gasteiger partial charge in [0, 0.05) is 11.5 Å². The number of hydrogen-bond donors (Lipinski definition) is 1. The SMILES string of the molecule is C=CC(C)(/C=C/c1ccc(OC(=O)/C=C/c2ccc(O)c(OC)c2)cc1)CCC=C(C)C. The molecule has 0 spiro atoms. The van der Waals surface area contributed by atoms with Crippen LogP contribution in [-0.2, 0) is 4.79 Å². The van der Waals surface area contributed by atoms with Crippen molar-refractivity contribution in [3.63, 3.8) is 0 Å². The van der Waals surface area contributed by atoms with Gasteiger partial charge in [-0.3, -0.25) is 0 Å². The van der Waals surface area contributed by atoms with Crippen LogP contribution < -0.4 is 9.47 Å². The number of allylic oxidation sites excluding steroid dienone is 4. The second kappa shape index (κ2) is 11.8. The number of carbonyl (C=O) groups is 1. The van der Waals surface area contributed by atoms with Crippen molar-refractivity contribution >= 4 is 18.1 Å². The summed E-state index contributed by atoms with van der Waals surface area (Å²) in [6, 6.07) is 12.2. The molecule has 4 heteroatoms. The highest BCUT2D eigenvalue weighted by atomic mass is 16.5. The van der Waals surface area contributed by atoms with Crippen molar-refractivity contribution in [3.8, 4) is 17.2 Å². The van der Waals surface area contributed by atoms with Gasteiger partial charge in [0.2, 0.25) is 0 Å². The number of phenolic OH excluding ortho intramolecular Hbond substituents is 1. The highest BCUT2D eigenvalue weighted by Crippen LogP contribution is 2.29. The van der Waals surface area contributed by atoms with Gasteiger partial charge >= 0.3 is 5.97 Å². The molecule has 0 bridgehead atoms. The quantitative estimate of drug-likeness (QED) is 0.191. The molecule has 0 aromatic heterocycles. The lowest BCUT2D eigenvalue weighted by atomic mass is 9.84. The first-order valence-corrected chi connectivity index (χ1v) is 10.6. The van der Waals surface area contributed by atoms with E-state index in [4.69, 9.17) is 9.47 Å². The molecule has 2 rings (SSSR count). The first-order chi connectivity index (χ1) is 15.2. The maximum Gasteiger partial charge on any atom is 0.336 e. The number of rotatable bonds is 10. The second-order valence-electron chi connectivity index (χ2n) is 8.12. The van der Waals surface area contributed by atoms with Crippen molar-refractivity contribution in [2.75, 3.05) is 7.11 Å². The molecule has 0 aliphatic rings. The van der Waals surface area contributed by atoms with Crippen LogP contribution in [-0.4, -0.2) is 18.2 Å². The van der Waals surface area contributed by atoms with Crippen molar-refractivity contribution < 1.29 is 19.4 Å². The number of esters is 1. The lowest BCUT2D eigenvalue weighted by Gasteiger charge is -2.20. The van der Waals surface area contributed by atoms with Crippen LogP contribution in [0.3, 0.4) is 0 Å². The average Bonchev–Trinajstić information content (AvgIpc) is 2.78. The Morgan fingerprint density at radius 3 is 2.41 bits per heavy atom. The monoisotopic (exact) mass is 432 g/mol. The van der Waals surface area contributed by atoms with Crippen molar-refractivity contribution in [1.82, 2.24) is 0 Å². The Morgan fingerprint density at radius 2 is 1.78 bits per heavy atom. The number of aromatic hydroxyl groups is 1. The van der Waals surface area contributed by atoms with Gasteiger partial charge in [0.05, 0.1) is 7.11 Å². The summed E-state index contributed by atoms with van der Waals surface area (Å²) in [5.41, 5.74) is 2.97. The number of methoxy groups -OCH3 is 1. The van der Waals surface area contributed by atoms with Gasteiger partial charge in [0.15, 0.2) is 11.5 Å². The van der Waals surface area contributed by atoms with Gasteiger partial charge in [-0.1, -0.05) is 55.0 Å². The average molecular weight is 433 g/mol. The normalized spacial score (nSPS) is 13.0. The molecule has 0 heterocycles. The Morgan fingerprint density at radius 1 is 1.09 bits per heavy atom. The summed E-state index contributed by atoms with van der Waals surface area (Å²) < 4.78 is 10.4. The van der Waals surface area contributed by atoms with Gasteiger partial charge in [-0.05, 0) is 68.2 Å². The molecular formula is C28H32O4. The van der Waals surface area contributed by atoms with Crippen molar-refractivity contribution in [3.05, 3.63) is 90.0 Å². The van der Waals surface area contributed by atoms with E-state index in [0.29, 0.717) is 17.1 Å². The van der Waals surface area contributed by atoms with E-state index >= 15 is 0 Å². The second-order valence-corrected chi connectivity index (χ2v) is 8.12. The third-order valence-corrected chi connectivity index (χ3v) is 5.07. The fourth-order valence-corrected chi connectivity index (χ4v) is 2.97. The zero-order valence-electron chi connectivity index (χ0n) is 19.3. The number of benzene rings is 2. The van der Waals surface area contributed by atoms with Gasteiger partial charge in [-0.25, -0.2) is 4.79 Å². The molecule has 0 saturated carbocycles. The third kappa shape index (κ3) is 7.95. The molecule has 2 aromatic rings. The summed E-state index contributed by atoms with van der Waals surface area (Å²) in [4.78, 5) is 12.1. The highest BCUT2D eigenvalue weighted by Gasteiger charge is 2.15. The molecule has 0 aliphatic heterocycles. The number of hydrogen-bond acceptors (Lipinski definition) is 4. The molecule has 0 fully saturated rings. The van der Waals surface area contributed by atoms with E-state index in [9.17, 15) is 9.90 Å². The fraction of sp³-hybridized carbons (Fsp3) is 0.250. The molecule has 1 unspecified atom stereocenters. The van der Waals surface area contributed by atoms with E-state index in [-0.39, 0.29) is 11.2 Å². The number of ether oxygens (including phenoxy) is 2. The zero-order chi connectivity index (χ0) is 23.6. The summed E-state index contributed by atoms with van der Waals surface area (Å²) >= 11 is 0. The standard InChI is InChI=1S/C28H32O4/c1-6-28(4,18-7-8-21(2)3)19-17-22-9-13-24(14-10-22)32-27(30)16-12-23-11-15-25(29)26(20-23)31-5/h6,8-17,19-20,29H,1,7,18H2,2-5H3/b16-12+,19-17+. The van der Waals surface area contributed by atoms with E-state index in [2.05, 4.69) is 45.6 Å². The third-order valence-electron chi connectivity index (χ3n) is 5.07. The van der Waals surface area contributed by atoms with E-state index < -0.39 is 5.97 Å². The minimum atomic E-state index is -0.487. The highest BCUT2D eigenvalue weighted by molar-refractivity contribution is 5.88. The molecule has 0 radical (unpaired) electrons. The van der Waals surface area contributed by atoms with E-state index in [1.165, 1.54) is 24.8 Å². The van der Waals surface area contributed by atoms with Gasteiger partial charge in [0.25, 0.3) is 0 Å². The van der Waals surface area contributed by atoms with Crippen LogP contribution in [0.4, 0.5) is 0 Å². The minimum Gasteiger partial charge on any atom is -0.504 e. The Balaban J connectivity index is 1.96. The Kier molecular flexibility index (Phi) is 9.08. The van der Waals surface area contributed by atoms with Crippen LogP contribution in [0.15, 0.2) is 78.9 Å². The summed E-state index contributed by atoms with van der Waals surface area (Å²) in [5.74, 6) is 0.366. The van der Waals surface area contributed by atoms with Crippen LogP contribution >= 0.6 is 0 Å². The lowest BCUT2D eigenvalue weighted by Crippen LogP contribution is -2.08. The predicted molar refractivity (Wildman–Crippen MR) is 132 cm³/mol. The summed E-state index contributed by atoms with van der Waals surface area (Å²) in [6.45, 7) is 10.4. The Bertz CT molecular complexity index is 1010. The van der Waals surface area contributed by atoms with Crippen LogP contribution in [0.25, 0.3) is 12.2 Å². The van der Waals surface area contributed by atoms with Gasteiger partial charge in [0.1, 0.15) is 5.75 Å². The van der Waals surface area contributed by atoms with E-state index in [1.54, 1.807) is 30.3 Å². The van der Waals surface area contributed by atoms with Crippen molar-refractivity contribution in [2.45, 2.75) is 33.6 Å². The van der Waals surface area contributed by atoms with Crippen LogP contribution in [0.5, 0.6) is 17.2 Å². The Labute approximate surface area is 191 Å².